The normalized spacial score (nSPS) is 13.0. The number of amides is 1. The Balaban J connectivity index is 1.60. The first-order valence-electron chi connectivity index (χ1n) is 8.01. The number of hydrogen-bond donors (Lipinski definition) is 1. The molecule has 0 fully saturated rings. The highest BCUT2D eigenvalue weighted by Gasteiger charge is 2.26. The van der Waals surface area contributed by atoms with Gasteiger partial charge in [-0.2, -0.15) is 5.10 Å². The molecule has 1 aromatic carbocycles. The maximum Gasteiger partial charge on any atom is 0.272 e. The number of nitrogens with one attached hydrogen (secondary N) is 1. The van der Waals surface area contributed by atoms with Gasteiger partial charge in [-0.25, -0.2) is 9.07 Å². The Kier molecular flexibility index (Phi) is 4.31. The van der Waals surface area contributed by atoms with Crippen molar-refractivity contribution in [2.45, 2.75) is 25.8 Å². The second kappa shape index (κ2) is 6.61. The van der Waals surface area contributed by atoms with Crippen molar-refractivity contribution in [1.29, 1.82) is 0 Å². The number of thiophene rings is 1. The molecule has 3 aromatic rings. The summed E-state index contributed by atoms with van der Waals surface area (Å²) in [6.45, 7) is 0.425. The van der Waals surface area contributed by atoms with Crippen LogP contribution in [0.5, 0.6) is 0 Å². The van der Waals surface area contributed by atoms with E-state index in [0.717, 1.165) is 41.1 Å². The summed E-state index contributed by atoms with van der Waals surface area (Å²) in [5.74, 6) is -0.483. The molecule has 0 saturated carbocycles. The van der Waals surface area contributed by atoms with Gasteiger partial charge in [0.25, 0.3) is 5.91 Å². The van der Waals surface area contributed by atoms with Gasteiger partial charge in [0.1, 0.15) is 5.82 Å². The van der Waals surface area contributed by atoms with Gasteiger partial charge in [0.05, 0.1) is 16.6 Å². The fourth-order valence-electron chi connectivity index (χ4n) is 3.11. The van der Waals surface area contributed by atoms with Crippen molar-refractivity contribution in [3.8, 4) is 5.69 Å². The van der Waals surface area contributed by atoms with E-state index in [0.29, 0.717) is 16.6 Å². The van der Waals surface area contributed by atoms with Crippen molar-refractivity contribution in [1.82, 2.24) is 15.1 Å². The molecule has 0 atom stereocenters. The van der Waals surface area contributed by atoms with Gasteiger partial charge in [0.2, 0.25) is 0 Å². The molecule has 7 heteroatoms. The summed E-state index contributed by atoms with van der Waals surface area (Å²) >= 11 is 7.36. The summed E-state index contributed by atoms with van der Waals surface area (Å²) in [6.07, 6.45) is 2.70. The first kappa shape index (κ1) is 16.3. The quantitative estimate of drug-likeness (QED) is 0.744. The van der Waals surface area contributed by atoms with Gasteiger partial charge in [-0.15, -0.1) is 11.3 Å². The number of halogens is 2. The van der Waals surface area contributed by atoms with Crippen LogP contribution in [0.3, 0.4) is 0 Å². The first-order chi connectivity index (χ1) is 12.1. The molecule has 2 heterocycles. The minimum atomic E-state index is -0.292. The molecule has 0 saturated heterocycles. The molecule has 0 unspecified atom stereocenters. The third-order valence-corrected chi connectivity index (χ3v) is 5.50. The molecule has 1 N–H and O–H groups in total. The maximum atomic E-state index is 13.2. The van der Waals surface area contributed by atoms with Gasteiger partial charge in [-0.1, -0.05) is 11.6 Å². The van der Waals surface area contributed by atoms with Gasteiger partial charge >= 0.3 is 0 Å². The van der Waals surface area contributed by atoms with Crippen LogP contribution in [0.4, 0.5) is 4.39 Å². The predicted octanol–water partition coefficient (Wildman–Crippen LogP) is 4.15. The second-order valence-corrected chi connectivity index (χ2v) is 7.70. The van der Waals surface area contributed by atoms with Crippen LogP contribution < -0.4 is 5.32 Å². The topological polar surface area (TPSA) is 46.9 Å². The molecule has 1 aliphatic carbocycles. The van der Waals surface area contributed by atoms with Crippen LogP contribution in [-0.4, -0.2) is 15.7 Å². The number of hydrogen-bond acceptors (Lipinski definition) is 3. The summed E-state index contributed by atoms with van der Waals surface area (Å²) in [6, 6.07) is 9.87. The number of rotatable bonds is 4. The molecule has 4 rings (SSSR count). The number of carbonyl (C=O) groups is 1. The van der Waals surface area contributed by atoms with E-state index >= 15 is 0 Å². The van der Waals surface area contributed by atoms with E-state index < -0.39 is 0 Å². The van der Waals surface area contributed by atoms with E-state index in [-0.39, 0.29) is 11.7 Å². The summed E-state index contributed by atoms with van der Waals surface area (Å²) in [4.78, 5) is 13.6. The van der Waals surface area contributed by atoms with Crippen LogP contribution >= 0.6 is 22.9 Å². The molecular formula is C18H15ClFN3OS. The van der Waals surface area contributed by atoms with Crippen LogP contribution in [-0.2, 0) is 19.4 Å². The molecule has 1 aliphatic rings. The molecule has 4 nitrogen and oxygen atoms in total. The average molecular weight is 376 g/mol. The minimum Gasteiger partial charge on any atom is -0.346 e. The third-order valence-electron chi connectivity index (χ3n) is 4.27. The van der Waals surface area contributed by atoms with Crippen molar-refractivity contribution in [2.24, 2.45) is 0 Å². The van der Waals surface area contributed by atoms with E-state index in [1.54, 1.807) is 16.8 Å². The molecule has 0 bridgehead atoms. The lowest BCUT2D eigenvalue weighted by molar-refractivity contribution is 0.0945. The summed E-state index contributed by atoms with van der Waals surface area (Å²) in [7, 11) is 0. The Labute approximate surface area is 153 Å². The van der Waals surface area contributed by atoms with E-state index in [9.17, 15) is 9.18 Å². The fourth-order valence-corrected chi connectivity index (χ4v) is 4.14. The molecular weight excluding hydrogens is 361 g/mol. The molecule has 25 heavy (non-hydrogen) atoms. The lowest BCUT2D eigenvalue weighted by Crippen LogP contribution is -2.24. The number of fused-ring (bicyclic) bond motifs is 1. The molecule has 2 aromatic heterocycles. The van der Waals surface area contributed by atoms with Crippen molar-refractivity contribution in [3.05, 3.63) is 68.4 Å². The number of carbonyl (C=O) groups excluding carboxylic acids is 1. The summed E-state index contributed by atoms with van der Waals surface area (Å²) in [5, 5.41) is 7.42. The molecule has 0 aliphatic heterocycles. The second-order valence-electron chi connectivity index (χ2n) is 5.90. The van der Waals surface area contributed by atoms with E-state index in [4.69, 9.17) is 11.6 Å². The number of benzene rings is 1. The van der Waals surface area contributed by atoms with Crippen LogP contribution in [0.25, 0.3) is 5.69 Å². The smallest absolute Gasteiger partial charge is 0.272 e. The Morgan fingerprint density at radius 3 is 2.76 bits per heavy atom. The molecule has 0 spiro atoms. The Hall–Kier alpha value is -2.18. The zero-order valence-corrected chi connectivity index (χ0v) is 14.8. The highest BCUT2D eigenvalue weighted by atomic mass is 35.5. The SMILES string of the molecule is O=C(NCc1ccc(Cl)s1)c1nn(-c2ccc(F)cc2)c2c1CCC2. The number of aromatic nitrogens is 2. The zero-order valence-electron chi connectivity index (χ0n) is 13.3. The highest BCUT2D eigenvalue weighted by molar-refractivity contribution is 7.16. The zero-order chi connectivity index (χ0) is 17.4. The Bertz CT molecular complexity index is 932. The van der Waals surface area contributed by atoms with Gasteiger partial charge in [0, 0.05) is 16.1 Å². The highest BCUT2D eigenvalue weighted by Crippen LogP contribution is 2.28. The van der Waals surface area contributed by atoms with E-state index in [1.807, 2.05) is 12.1 Å². The largest absolute Gasteiger partial charge is 0.346 e. The summed E-state index contributed by atoms with van der Waals surface area (Å²) < 4.78 is 15.6. The van der Waals surface area contributed by atoms with Gasteiger partial charge in [0.15, 0.2) is 5.69 Å². The molecule has 1 amide bonds. The van der Waals surface area contributed by atoms with E-state index in [1.165, 1.54) is 23.5 Å². The predicted molar refractivity (Wildman–Crippen MR) is 96.0 cm³/mol. The van der Waals surface area contributed by atoms with Crippen molar-refractivity contribution >= 4 is 28.8 Å². The lowest BCUT2D eigenvalue weighted by Gasteiger charge is -2.05. The van der Waals surface area contributed by atoms with E-state index in [2.05, 4.69) is 10.4 Å². The van der Waals surface area contributed by atoms with Crippen LogP contribution in [0.15, 0.2) is 36.4 Å². The standard InChI is InChI=1S/C18H15ClFN3OS/c19-16-9-8-13(25-16)10-21-18(24)17-14-2-1-3-15(14)23(22-17)12-6-4-11(20)5-7-12/h4-9H,1-3,10H2,(H,21,24). The molecule has 0 radical (unpaired) electrons. The van der Waals surface area contributed by atoms with Gasteiger partial charge in [-0.05, 0) is 55.7 Å². The van der Waals surface area contributed by atoms with Crippen LogP contribution in [0.2, 0.25) is 4.34 Å². The van der Waals surface area contributed by atoms with Crippen molar-refractivity contribution < 1.29 is 9.18 Å². The van der Waals surface area contributed by atoms with Crippen molar-refractivity contribution in [2.75, 3.05) is 0 Å². The lowest BCUT2D eigenvalue weighted by atomic mass is 10.2. The van der Waals surface area contributed by atoms with Crippen LogP contribution in [0, 0.1) is 5.82 Å². The Morgan fingerprint density at radius 1 is 1.24 bits per heavy atom. The van der Waals surface area contributed by atoms with Gasteiger partial charge < -0.3 is 5.32 Å². The fraction of sp³-hybridized carbons (Fsp3) is 0.222. The Morgan fingerprint density at radius 2 is 2.04 bits per heavy atom. The van der Waals surface area contributed by atoms with Gasteiger partial charge in [-0.3, -0.25) is 4.79 Å². The monoisotopic (exact) mass is 375 g/mol. The minimum absolute atomic E-state index is 0.191. The van der Waals surface area contributed by atoms with Crippen molar-refractivity contribution in [3.63, 3.8) is 0 Å². The third kappa shape index (κ3) is 3.19. The maximum absolute atomic E-state index is 13.2. The molecule has 128 valence electrons. The number of nitrogens with zero attached hydrogens (tertiary/aromatic N) is 2. The average Bonchev–Trinajstić information content (AvgIpc) is 3.30. The first-order valence-corrected chi connectivity index (χ1v) is 9.20. The summed E-state index contributed by atoms with van der Waals surface area (Å²) in [5.41, 5.74) is 3.25. The van der Waals surface area contributed by atoms with Crippen LogP contribution in [0.1, 0.15) is 33.0 Å².